The Labute approximate surface area is 149 Å². The molecule has 0 bridgehead atoms. The molecule has 0 radical (unpaired) electrons. The minimum atomic E-state index is -4.46. The fourth-order valence-corrected chi connectivity index (χ4v) is 3.31. The van der Waals surface area contributed by atoms with Gasteiger partial charge in [0.25, 0.3) is 5.91 Å². The Morgan fingerprint density at radius 2 is 1.62 bits per heavy atom. The standard InChI is InChI=1S/C17H17F3N2O3S/c1-11-4-5-12(10-15(11)26(24,25)22(2)3)16(23)21-14-8-6-13(7-9-14)17(18,19)20/h4-10H,1-3H3,(H,21,23). The number of hydrogen-bond donors (Lipinski definition) is 1. The third kappa shape index (κ3) is 4.23. The topological polar surface area (TPSA) is 66.5 Å². The zero-order valence-electron chi connectivity index (χ0n) is 14.3. The van der Waals surface area contributed by atoms with Gasteiger partial charge in [-0.2, -0.15) is 13.2 Å². The highest BCUT2D eigenvalue weighted by Gasteiger charge is 2.30. The van der Waals surface area contributed by atoms with E-state index in [1.165, 1.54) is 32.3 Å². The van der Waals surface area contributed by atoms with Gasteiger partial charge in [0.05, 0.1) is 10.5 Å². The van der Waals surface area contributed by atoms with E-state index >= 15 is 0 Å². The summed E-state index contributed by atoms with van der Waals surface area (Å²) < 4.78 is 63.3. The molecule has 0 aliphatic rings. The molecular formula is C17H17F3N2O3S. The summed E-state index contributed by atoms with van der Waals surface area (Å²) >= 11 is 0. The van der Waals surface area contributed by atoms with Crippen LogP contribution in [0.1, 0.15) is 21.5 Å². The van der Waals surface area contributed by atoms with Gasteiger partial charge in [0, 0.05) is 25.3 Å². The lowest BCUT2D eigenvalue weighted by atomic mass is 10.1. The SMILES string of the molecule is Cc1ccc(C(=O)Nc2ccc(C(F)(F)F)cc2)cc1S(=O)(=O)N(C)C. The van der Waals surface area contributed by atoms with E-state index in [1.54, 1.807) is 6.92 Å². The summed E-state index contributed by atoms with van der Waals surface area (Å²) in [7, 11) is -0.973. The highest BCUT2D eigenvalue weighted by Crippen LogP contribution is 2.30. The summed E-state index contributed by atoms with van der Waals surface area (Å²) in [6.45, 7) is 1.61. The average molecular weight is 386 g/mol. The van der Waals surface area contributed by atoms with E-state index in [9.17, 15) is 26.4 Å². The van der Waals surface area contributed by atoms with Crippen LogP contribution in [0.2, 0.25) is 0 Å². The number of benzene rings is 2. The molecule has 1 amide bonds. The predicted octanol–water partition coefficient (Wildman–Crippen LogP) is 3.52. The molecule has 0 unspecified atom stereocenters. The minimum absolute atomic E-state index is 0.0115. The number of halogens is 3. The number of carbonyl (C=O) groups excluding carboxylic acids is 1. The van der Waals surface area contributed by atoms with E-state index < -0.39 is 27.7 Å². The number of rotatable bonds is 4. The third-order valence-electron chi connectivity index (χ3n) is 3.68. The number of alkyl halides is 3. The van der Waals surface area contributed by atoms with Crippen molar-refractivity contribution in [3.63, 3.8) is 0 Å². The van der Waals surface area contributed by atoms with Crippen molar-refractivity contribution < 1.29 is 26.4 Å². The molecule has 2 rings (SSSR count). The molecule has 0 aromatic heterocycles. The van der Waals surface area contributed by atoms with Gasteiger partial charge in [-0.15, -0.1) is 0 Å². The molecular weight excluding hydrogens is 369 g/mol. The average Bonchev–Trinajstić information content (AvgIpc) is 2.54. The summed E-state index contributed by atoms with van der Waals surface area (Å²) in [5.74, 6) is -0.625. The first-order valence-corrected chi connectivity index (χ1v) is 8.88. The number of hydrogen-bond acceptors (Lipinski definition) is 3. The van der Waals surface area contributed by atoms with Crippen molar-refractivity contribution in [1.29, 1.82) is 0 Å². The zero-order valence-corrected chi connectivity index (χ0v) is 15.1. The molecule has 0 saturated carbocycles. The molecule has 0 heterocycles. The van der Waals surface area contributed by atoms with Gasteiger partial charge in [-0.3, -0.25) is 4.79 Å². The normalized spacial score (nSPS) is 12.3. The number of sulfonamides is 1. The summed E-state index contributed by atoms with van der Waals surface area (Å²) in [6, 6.07) is 8.16. The Hall–Kier alpha value is -2.39. The van der Waals surface area contributed by atoms with Gasteiger partial charge >= 0.3 is 6.18 Å². The highest BCUT2D eigenvalue weighted by molar-refractivity contribution is 7.89. The molecule has 0 fully saturated rings. The molecule has 2 aromatic carbocycles. The third-order valence-corrected chi connectivity index (χ3v) is 5.64. The van der Waals surface area contributed by atoms with Crippen LogP contribution >= 0.6 is 0 Å². The lowest BCUT2D eigenvalue weighted by molar-refractivity contribution is -0.137. The maximum absolute atomic E-state index is 12.6. The molecule has 2 aromatic rings. The van der Waals surface area contributed by atoms with Crippen LogP contribution in [-0.4, -0.2) is 32.7 Å². The summed E-state index contributed by atoms with van der Waals surface area (Å²) in [5.41, 5.74) is -0.105. The molecule has 0 saturated heterocycles. The minimum Gasteiger partial charge on any atom is -0.322 e. The van der Waals surface area contributed by atoms with Gasteiger partial charge in [0.1, 0.15) is 0 Å². The van der Waals surface area contributed by atoms with Gasteiger partial charge in [0.2, 0.25) is 10.0 Å². The Kier molecular flexibility index (Phi) is 5.43. The molecule has 0 aliphatic carbocycles. The van der Waals surface area contributed by atoms with Crippen molar-refractivity contribution in [3.05, 3.63) is 59.2 Å². The molecule has 0 atom stereocenters. The first-order chi connectivity index (χ1) is 11.9. The van der Waals surface area contributed by atoms with Gasteiger partial charge in [-0.05, 0) is 48.9 Å². The van der Waals surface area contributed by atoms with E-state index in [0.717, 1.165) is 28.6 Å². The van der Waals surface area contributed by atoms with E-state index in [-0.39, 0.29) is 16.1 Å². The van der Waals surface area contributed by atoms with Crippen LogP contribution < -0.4 is 5.32 Å². The maximum atomic E-state index is 12.6. The van der Waals surface area contributed by atoms with Gasteiger partial charge in [-0.25, -0.2) is 12.7 Å². The molecule has 5 nitrogen and oxygen atoms in total. The van der Waals surface area contributed by atoms with Crippen molar-refractivity contribution in [1.82, 2.24) is 4.31 Å². The number of anilines is 1. The van der Waals surface area contributed by atoms with Gasteiger partial charge in [-0.1, -0.05) is 6.07 Å². The predicted molar refractivity (Wildman–Crippen MR) is 91.4 cm³/mol. The van der Waals surface area contributed by atoms with Gasteiger partial charge in [0.15, 0.2) is 0 Å². The number of nitrogens with zero attached hydrogens (tertiary/aromatic N) is 1. The fourth-order valence-electron chi connectivity index (χ4n) is 2.16. The second-order valence-electron chi connectivity index (χ2n) is 5.80. The van der Waals surface area contributed by atoms with Crippen LogP contribution in [0.3, 0.4) is 0 Å². The van der Waals surface area contributed by atoms with E-state index in [1.807, 2.05) is 0 Å². The molecule has 26 heavy (non-hydrogen) atoms. The smallest absolute Gasteiger partial charge is 0.322 e. The first-order valence-electron chi connectivity index (χ1n) is 7.44. The number of carbonyl (C=O) groups is 1. The van der Waals surface area contributed by atoms with Crippen molar-refractivity contribution >= 4 is 21.6 Å². The lowest BCUT2D eigenvalue weighted by Gasteiger charge is -2.15. The molecule has 0 aliphatic heterocycles. The second kappa shape index (κ2) is 7.08. The van der Waals surface area contributed by atoms with Crippen molar-refractivity contribution in [2.24, 2.45) is 0 Å². The Bertz CT molecular complexity index is 921. The molecule has 140 valence electrons. The first kappa shape index (κ1) is 19.9. The van der Waals surface area contributed by atoms with Gasteiger partial charge < -0.3 is 5.32 Å². The highest BCUT2D eigenvalue weighted by atomic mass is 32.2. The van der Waals surface area contributed by atoms with Crippen molar-refractivity contribution in [3.8, 4) is 0 Å². The van der Waals surface area contributed by atoms with Crippen molar-refractivity contribution in [2.75, 3.05) is 19.4 Å². The van der Waals surface area contributed by atoms with Crippen LogP contribution in [0.5, 0.6) is 0 Å². The lowest BCUT2D eigenvalue weighted by Crippen LogP contribution is -2.23. The zero-order chi connectivity index (χ0) is 19.7. The largest absolute Gasteiger partial charge is 0.416 e. The van der Waals surface area contributed by atoms with E-state index in [0.29, 0.717) is 5.56 Å². The number of amides is 1. The summed E-state index contributed by atoms with van der Waals surface area (Å²) in [6.07, 6.45) is -4.46. The maximum Gasteiger partial charge on any atom is 0.416 e. The molecule has 0 spiro atoms. The summed E-state index contributed by atoms with van der Waals surface area (Å²) in [5, 5.41) is 2.45. The van der Waals surface area contributed by atoms with E-state index in [4.69, 9.17) is 0 Å². The Morgan fingerprint density at radius 1 is 1.04 bits per heavy atom. The molecule has 9 heteroatoms. The van der Waals surface area contributed by atoms with E-state index in [2.05, 4.69) is 5.32 Å². The van der Waals surface area contributed by atoms with Crippen LogP contribution in [0.4, 0.5) is 18.9 Å². The van der Waals surface area contributed by atoms with Crippen molar-refractivity contribution in [2.45, 2.75) is 18.0 Å². The van der Waals surface area contributed by atoms with Crippen LogP contribution in [0.15, 0.2) is 47.4 Å². The van der Waals surface area contributed by atoms with Crippen LogP contribution in [0.25, 0.3) is 0 Å². The summed E-state index contributed by atoms with van der Waals surface area (Å²) in [4.78, 5) is 12.3. The fraction of sp³-hybridized carbons (Fsp3) is 0.235. The Morgan fingerprint density at radius 3 is 2.12 bits per heavy atom. The van der Waals surface area contributed by atoms with Crippen LogP contribution in [0, 0.1) is 6.92 Å². The molecule has 1 N–H and O–H groups in total. The second-order valence-corrected chi connectivity index (χ2v) is 7.92. The quantitative estimate of drug-likeness (QED) is 0.874. The Balaban J connectivity index is 2.28. The monoisotopic (exact) mass is 386 g/mol. The number of nitrogens with one attached hydrogen (secondary N) is 1. The number of aryl methyl sites for hydroxylation is 1. The van der Waals surface area contributed by atoms with Crippen LogP contribution in [-0.2, 0) is 16.2 Å².